The Morgan fingerprint density at radius 3 is 2.71 bits per heavy atom. The van der Waals surface area contributed by atoms with Crippen molar-refractivity contribution in [1.29, 1.82) is 0 Å². The van der Waals surface area contributed by atoms with E-state index in [1.54, 1.807) is 23.6 Å². The average molecular weight is 258 g/mol. The molecule has 1 aliphatic heterocycles. The van der Waals surface area contributed by atoms with Crippen LogP contribution in [0.3, 0.4) is 0 Å². The summed E-state index contributed by atoms with van der Waals surface area (Å²) in [7, 11) is 0. The maximum Gasteiger partial charge on any atom is 0.245 e. The number of nitrogens with zero attached hydrogens (tertiary/aromatic N) is 1. The summed E-state index contributed by atoms with van der Waals surface area (Å²) in [5.74, 6) is 1.09. The van der Waals surface area contributed by atoms with E-state index in [1.807, 2.05) is 6.92 Å². The number of amides is 2. The average Bonchev–Trinajstić information content (AvgIpc) is 2.30. The lowest BCUT2D eigenvalue weighted by Crippen LogP contribution is -2.62. The summed E-state index contributed by atoms with van der Waals surface area (Å²) in [5.41, 5.74) is 0. The Balaban J connectivity index is 2.68. The Bertz CT molecular complexity index is 284. The Labute approximate surface area is 108 Å². The second kappa shape index (κ2) is 6.89. The van der Waals surface area contributed by atoms with E-state index in [4.69, 9.17) is 0 Å². The largest absolute Gasteiger partial charge is 0.343 e. The minimum Gasteiger partial charge on any atom is -0.343 e. The molecule has 0 saturated carbocycles. The van der Waals surface area contributed by atoms with Gasteiger partial charge in [0.05, 0.1) is 0 Å². The van der Waals surface area contributed by atoms with Crippen molar-refractivity contribution in [2.45, 2.75) is 45.2 Å². The Morgan fingerprint density at radius 2 is 2.12 bits per heavy atom. The molecule has 1 aliphatic rings. The maximum absolute atomic E-state index is 12.1. The molecule has 0 bridgehead atoms. The van der Waals surface area contributed by atoms with Crippen molar-refractivity contribution < 1.29 is 9.59 Å². The Morgan fingerprint density at radius 1 is 1.41 bits per heavy atom. The van der Waals surface area contributed by atoms with Gasteiger partial charge in [0.25, 0.3) is 0 Å². The van der Waals surface area contributed by atoms with E-state index in [2.05, 4.69) is 11.6 Å². The SMILES string of the molecule is CCCC1C(=O)NC(C)C(=O)N1CCCSC. The normalized spacial score (nSPS) is 25.0. The molecule has 0 radical (unpaired) electrons. The highest BCUT2D eigenvalue weighted by Gasteiger charge is 2.37. The van der Waals surface area contributed by atoms with Crippen molar-refractivity contribution in [2.75, 3.05) is 18.6 Å². The van der Waals surface area contributed by atoms with Crippen LogP contribution in [0.5, 0.6) is 0 Å². The summed E-state index contributed by atoms with van der Waals surface area (Å²) < 4.78 is 0. The van der Waals surface area contributed by atoms with E-state index < -0.39 is 0 Å². The van der Waals surface area contributed by atoms with Crippen LogP contribution in [0.25, 0.3) is 0 Å². The van der Waals surface area contributed by atoms with Gasteiger partial charge in [-0.2, -0.15) is 11.8 Å². The lowest BCUT2D eigenvalue weighted by atomic mass is 10.0. The zero-order chi connectivity index (χ0) is 12.8. The summed E-state index contributed by atoms with van der Waals surface area (Å²) in [6, 6.07) is -0.629. The first kappa shape index (κ1) is 14.4. The molecule has 17 heavy (non-hydrogen) atoms. The van der Waals surface area contributed by atoms with Crippen LogP contribution in [-0.4, -0.2) is 47.4 Å². The van der Waals surface area contributed by atoms with Crippen molar-refractivity contribution in [2.24, 2.45) is 0 Å². The number of thioether (sulfide) groups is 1. The fourth-order valence-electron chi connectivity index (χ4n) is 2.12. The van der Waals surface area contributed by atoms with Gasteiger partial charge < -0.3 is 10.2 Å². The molecule has 1 rings (SSSR count). The van der Waals surface area contributed by atoms with Crippen LogP contribution in [0, 0.1) is 0 Å². The first-order valence-electron chi connectivity index (χ1n) is 6.21. The van der Waals surface area contributed by atoms with Crippen LogP contribution < -0.4 is 5.32 Å². The van der Waals surface area contributed by atoms with Crippen molar-refractivity contribution in [3.8, 4) is 0 Å². The molecule has 0 spiro atoms. The number of hydrogen-bond donors (Lipinski definition) is 1. The summed E-state index contributed by atoms with van der Waals surface area (Å²) in [5, 5.41) is 2.75. The molecule has 1 heterocycles. The number of carbonyl (C=O) groups is 2. The second-order valence-electron chi connectivity index (χ2n) is 4.41. The van der Waals surface area contributed by atoms with Crippen molar-refractivity contribution in [3.05, 3.63) is 0 Å². The number of piperazine rings is 1. The highest BCUT2D eigenvalue weighted by molar-refractivity contribution is 7.98. The quantitative estimate of drug-likeness (QED) is 0.730. The van der Waals surface area contributed by atoms with Crippen LogP contribution in [0.2, 0.25) is 0 Å². The standard InChI is InChI=1S/C12H22N2O2S/c1-4-6-10-11(15)13-9(2)12(16)14(10)7-5-8-17-3/h9-10H,4-8H2,1-3H3,(H,13,15). The van der Waals surface area contributed by atoms with Crippen molar-refractivity contribution in [1.82, 2.24) is 10.2 Å². The van der Waals surface area contributed by atoms with Gasteiger partial charge in [-0.25, -0.2) is 0 Å². The molecule has 2 unspecified atom stereocenters. The molecular formula is C12H22N2O2S. The molecular weight excluding hydrogens is 236 g/mol. The van der Waals surface area contributed by atoms with Crippen LogP contribution in [0.1, 0.15) is 33.1 Å². The smallest absolute Gasteiger partial charge is 0.245 e. The molecule has 0 aromatic rings. The van der Waals surface area contributed by atoms with E-state index in [0.717, 1.165) is 25.0 Å². The Hall–Kier alpha value is -0.710. The van der Waals surface area contributed by atoms with Crippen LogP contribution in [0.15, 0.2) is 0 Å². The molecule has 2 atom stereocenters. The lowest BCUT2D eigenvalue weighted by Gasteiger charge is -2.38. The van der Waals surface area contributed by atoms with Crippen molar-refractivity contribution in [3.63, 3.8) is 0 Å². The first-order chi connectivity index (χ1) is 8.11. The summed E-state index contributed by atoms with van der Waals surface area (Å²) in [4.78, 5) is 25.7. The van der Waals surface area contributed by atoms with Crippen molar-refractivity contribution >= 4 is 23.6 Å². The molecule has 0 aromatic heterocycles. The molecule has 1 fully saturated rings. The van der Waals surface area contributed by atoms with Gasteiger partial charge in [-0.1, -0.05) is 13.3 Å². The fourth-order valence-corrected chi connectivity index (χ4v) is 2.54. The molecule has 0 aromatic carbocycles. The molecule has 1 N–H and O–H groups in total. The van der Waals surface area contributed by atoms with Gasteiger partial charge in [-0.05, 0) is 31.8 Å². The third-order valence-electron chi connectivity index (χ3n) is 3.00. The number of rotatable bonds is 6. The van der Waals surface area contributed by atoms with Gasteiger partial charge in [0, 0.05) is 6.54 Å². The predicted octanol–water partition coefficient (Wildman–Crippen LogP) is 1.26. The van der Waals surface area contributed by atoms with Crippen LogP contribution >= 0.6 is 11.8 Å². The van der Waals surface area contributed by atoms with Gasteiger partial charge in [-0.15, -0.1) is 0 Å². The highest BCUT2D eigenvalue weighted by atomic mass is 32.2. The molecule has 5 heteroatoms. The molecule has 0 aliphatic carbocycles. The van der Waals surface area contributed by atoms with Gasteiger partial charge >= 0.3 is 0 Å². The second-order valence-corrected chi connectivity index (χ2v) is 5.40. The topological polar surface area (TPSA) is 49.4 Å². The highest BCUT2D eigenvalue weighted by Crippen LogP contribution is 2.15. The minimum absolute atomic E-state index is 0.00287. The number of hydrogen-bond acceptors (Lipinski definition) is 3. The summed E-state index contributed by atoms with van der Waals surface area (Å²) in [6.45, 7) is 4.49. The number of nitrogens with one attached hydrogen (secondary N) is 1. The van der Waals surface area contributed by atoms with Crippen LogP contribution in [0.4, 0.5) is 0 Å². The van der Waals surface area contributed by atoms with E-state index in [-0.39, 0.29) is 23.9 Å². The monoisotopic (exact) mass is 258 g/mol. The van der Waals surface area contributed by atoms with E-state index in [1.165, 1.54) is 0 Å². The Kier molecular flexibility index (Phi) is 5.82. The number of carbonyl (C=O) groups excluding carboxylic acids is 2. The molecule has 1 saturated heterocycles. The van der Waals surface area contributed by atoms with Gasteiger partial charge in [0.2, 0.25) is 11.8 Å². The van der Waals surface area contributed by atoms with Gasteiger partial charge in [-0.3, -0.25) is 9.59 Å². The van der Waals surface area contributed by atoms with Gasteiger partial charge in [0.15, 0.2) is 0 Å². The third kappa shape index (κ3) is 3.63. The fraction of sp³-hybridized carbons (Fsp3) is 0.833. The predicted molar refractivity (Wildman–Crippen MR) is 71.0 cm³/mol. The minimum atomic E-state index is -0.370. The summed E-state index contributed by atoms with van der Waals surface area (Å²) >= 11 is 1.77. The van der Waals surface area contributed by atoms with E-state index in [0.29, 0.717) is 6.54 Å². The molecule has 2 amide bonds. The lowest BCUT2D eigenvalue weighted by molar-refractivity contribution is -0.149. The van der Waals surface area contributed by atoms with Crippen LogP contribution in [-0.2, 0) is 9.59 Å². The molecule has 4 nitrogen and oxygen atoms in total. The first-order valence-corrected chi connectivity index (χ1v) is 7.61. The van der Waals surface area contributed by atoms with Gasteiger partial charge in [0.1, 0.15) is 12.1 Å². The maximum atomic E-state index is 12.1. The summed E-state index contributed by atoms with van der Waals surface area (Å²) in [6.07, 6.45) is 4.67. The zero-order valence-electron chi connectivity index (χ0n) is 10.9. The van der Waals surface area contributed by atoms with E-state index in [9.17, 15) is 9.59 Å². The van der Waals surface area contributed by atoms with E-state index >= 15 is 0 Å². The zero-order valence-corrected chi connectivity index (χ0v) is 11.7. The molecule has 98 valence electrons. The third-order valence-corrected chi connectivity index (χ3v) is 3.70.